The number of nitrogens with one attached hydrogen (secondary N) is 1. The minimum Gasteiger partial charge on any atom is -0.454 e. The number of hydrogen-bond donors (Lipinski definition) is 1. The van der Waals surface area contributed by atoms with Gasteiger partial charge in [0.1, 0.15) is 5.69 Å². The molecule has 1 aromatic carbocycles. The molecule has 0 unspecified atom stereocenters. The maximum atomic E-state index is 12.6. The highest BCUT2D eigenvalue weighted by molar-refractivity contribution is 5.93. The maximum absolute atomic E-state index is 12.6. The normalized spacial score (nSPS) is 14.0. The smallest absolute Gasteiger partial charge is 0.269 e. The average Bonchev–Trinajstić information content (AvgIpc) is 3.46. The molecule has 2 aromatic heterocycles. The molecule has 9 nitrogen and oxygen atoms in total. The molecule has 154 valence electrons. The van der Waals surface area contributed by atoms with Gasteiger partial charge in [-0.25, -0.2) is 4.68 Å². The Hall–Kier alpha value is -3.62. The lowest BCUT2D eigenvalue weighted by atomic mass is 10.1. The summed E-state index contributed by atoms with van der Waals surface area (Å²) in [6, 6.07) is 8.94. The molecule has 1 N–H and O–H groups in total. The summed E-state index contributed by atoms with van der Waals surface area (Å²) < 4.78 is 13.7. The van der Waals surface area contributed by atoms with E-state index in [0.29, 0.717) is 36.0 Å². The van der Waals surface area contributed by atoms with Crippen LogP contribution in [0.25, 0.3) is 11.3 Å². The van der Waals surface area contributed by atoms with Gasteiger partial charge >= 0.3 is 0 Å². The fraction of sp³-hybridized carbons (Fsp3) is 0.333. The number of aromatic nitrogens is 4. The molecule has 1 aliphatic heterocycles. The van der Waals surface area contributed by atoms with E-state index in [9.17, 15) is 9.59 Å². The first kappa shape index (κ1) is 18.4. The van der Waals surface area contributed by atoms with Crippen LogP contribution in [0.5, 0.6) is 11.5 Å². The predicted molar refractivity (Wildman–Crippen MR) is 108 cm³/mol. The molecule has 2 aliphatic rings. The van der Waals surface area contributed by atoms with Crippen LogP contribution < -0.4 is 20.3 Å². The molecule has 0 saturated carbocycles. The summed E-state index contributed by atoms with van der Waals surface area (Å²) >= 11 is 0. The van der Waals surface area contributed by atoms with Crippen molar-refractivity contribution in [2.75, 3.05) is 13.3 Å². The van der Waals surface area contributed by atoms with E-state index in [1.165, 1.54) is 9.36 Å². The lowest BCUT2D eigenvalue weighted by Gasteiger charge is -2.08. The van der Waals surface area contributed by atoms with Gasteiger partial charge in [0.05, 0.1) is 17.9 Å². The Labute approximate surface area is 172 Å². The van der Waals surface area contributed by atoms with Crippen molar-refractivity contribution in [1.82, 2.24) is 24.9 Å². The summed E-state index contributed by atoms with van der Waals surface area (Å²) in [7, 11) is 1.72. The molecule has 9 heteroatoms. The lowest BCUT2D eigenvalue weighted by Crippen LogP contribution is -2.33. The molecule has 3 aromatic rings. The third kappa shape index (κ3) is 3.32. The third-order valence-corrected chi connectivity index (χ3v) is 5.41. The van der Waals surface area contributed by atoms with Gasteiger partial charge in [-0.15, -0.1) is 0 Å². The minimum atomic E-state index is -0.258. The SMILES string of the molecule is Cn1nc(-c2ccc3c(c2)OCO3)cc1C(=O)NCCn1nc2c(cc1=O)CCC2. The van der Waals surface area contributed by atoms with Gasteiger partial charge in [0, 0.05) is 25.2 Å². The van der Waals surface area contributed by atoms with Crippen LogP contribution in [-0.2, 0) is 26.4 Å². The summed E-state index contributed by atoms with van der Waals surface area (Å²) in [6.45, 7) is 0.830. The Morgan fingerprint density at radius 1 is 1.13 bits per heavy atom. The number of aryl methyl sites for hydroxylation is 3. The highest BCUT2D eigenvalue weighted by Crippen LogP contribution is 2.35. The van der Waals surface area contributed by atoms with Crippen LogP contribution in [0, 0.1) is 0 Å². The number of carbonyl (C=O) groups is 1. The fourth-order valence-corrected chi connectivity index (χ4v) is 3.84. The second-order valence-electron chi connectivity index (χ2n) is 7.39. The third-order valence-electron chi connectivity index (χ3n) is 5.41. The zero-order valence-electron chi connectivity index (χ0n) is 16.6. The van der Waals surface area contributed by atoms with E-state index < -0.39 is 0 Å². The van der Waals surface area contributed by atoms with Crippen molar-refractivity contribution in [3.05, 3.63) is 57.6 Å². The van der Waals surface area contributed by atoms with Crippen molar-refractivity contribution in [2.24, 2.45) is 7.05 Å². The zero-order chi connectivity index (χ0) is 20.7. The van der Waals surface area contributed by atoms with E-state index in [1.54, 1.807) is 19.2 Å². The monoisotopic (exact) mass is 407 g/mol. The Kier molecular flexibility index (Phi) is 4.50. The van der Waals surface area contributed by atoms with E-state index >= 15 is 0 Å². The number of carbonyl (C=O) groups excluding carboxylic acids is 1. The van der Waals surface area contributed by atoms with Crippen LogP contribution in [0.4, 0.5) is 0 Å². The van der Waals surface area contributed by atoms with Crippen molar-refractivity contribution in [3.63, 3.8) is 0 Å². The van der Waals surface area contributed by atoms with Gasteiger partial charge in [0.15, 0.2) is 11.5 Å². The van der Waals surface area contributed by atoms with Gasteiger partial charge in [0.25, 0.3) is 11.5 Å². The molecular weight excluding hydrogens is 386 g/mol. The van der Waals surface area contributed by atoms with Gasteiger partial charge < -0.3 is 14.8 Å². The average molecular weight is 407 g/mol. The summed E-state index contributed by atoms with van der Waals surface area (Å²) in [6.07, 6.45) is 2.86. The Balaban J connectivity index is 1.26. The molecule has 0 fully saturated rings. The predicted octanol–water partition coefficient (Wildman–Crippen LogP) is 1.29. The van der Waals surface area contributed by atoms with Crippen LogP contribution in [-0.4, -0.2) is 38.8 Å². The van der Waals surface area contributed by atoms with Crippen LogP contribution >= 0.6 is 0 Å². The first-order chi connectivity index (χ1) is 14.6. The van der Waals surface area contributed by atoms with E-state index in [-0.39, 0.29) is 18.3 Å². The summed E-state index contributed by atoms with van der Waals surface area (Å²) in [5.41, 5.74) is 3.83. The first-order valence-electron chi connectivity index (χ1n) is 9.91. The second kappa shape index (κ2) is 7.33. The topological polar surface area (TPSA) is 100 Å². The van der Waals surface area contributed by atoms with Gasteiger partial charge in [-0.2, -0.15) is 10.2 Å². The van der Waals surface area contributed by atoms with Crippen LogP contribution in [0.3, 0.4) is 0 Å². The standard InChI is InChI=1S/C21H21N5O4/c1-25-17(11-16(23-25)14-5-6-18-19(9-14)30-12-29-18)21(28)22-7-8-26-20(27)10-13-3-2-4-15(13)24-26/h5-6,9-11H,2-4,7-8,12H2,1H3,(H,22,28). The molecular formula is C21H21N5O4. The number of hydrogen-bond acceptors (Lipinski definition) is 6. The molecule has 1 amide bonds. The van der Waals surface area contributed by atoms with Crippen molar-refractivity contribution in [2.45, 2.75) is 25.8 Å². The van der Waals surface area contributed by atoms with E-state index in [1.807, 2.05) is 18.2 Å². The Morgan fingerprint density at radius 3 is 2.90 bits per heavy atom. The van der Waals surface area contributed by atoms with Crippen LogP contribution in [0.1, 0.15) is 28.2 Å². The second-order valence-corrected chi connectivity index (χ2v) is 7.39. The Bertz CT molecular complexity index is 1200. The number of rotatable bonds is 5. The number of nitrogens with zero attached hydrogens (tertiary/aromatic N) is 4. The molecule has 1 aliphatic carbocycles. The van der Waals surface area contributed by atoms with E-state index in [4.69, 9.17) is 9.47 Å². The summed E-state index contributed by atoms with van der Waals surface area (Å²) in [5, 5.41) is 11.7. The highest BCUT2D eigenvalue weighted by atomic mass is 16.7. The van der Waals surface area contributed by atoms with E-state index in [0.717, 1.165) is 36.1 Å². The largest absolute Gasteiger partial charge is 0.454 e. The maximum Gasteiger partial charge on any atom is 0.269 e. The van der Waals surface area contributed by atoms with Crippen molar-refractivity contribution in [1.29, 1.82) is 0 Å². The molecule has 0 saturated heterocycles. The van der Waals surface area contributed by atoms with Crippen LogP contribution in [0.2, 0.25) is 0 Å². The number of amides is 1. The molecule has 0 spiro atoms. The van der Waals surface area contributed by atoms with Gasteiger partial charge in [-0.3, -0.25) is 14.3 Å². The fourth-order valence-electron chi connectivity index (χ4n) is 3.84. The van der Waals surface area contributed by atoms with Crippen LogP contribution in [0.15, 0.2) is 35.1 Å². The van der Waals surface area contributed by atoms with Crippen molar-refractivity contribution in [3.8, 4) is 22.8 Å². The summed E-state index contributed by atoms with van der Waals surface area (Å²) in [5.74, 6) is 1.10. The molecule has 3 heterocycles. The molecule has 5 rings (SSSR count). The van der Waals surface area contributed by atoms with Gasteiger partial charge in [-0.1, -0.05) is 0 Å². The number of fused-ring (bicyclic) bond motifs is 2. The van der Waals surface area contributed by atoms with E-state index in [2.05, 4.69) is 15.5 Å². The highest BCUT2D eigenvalue weighted by Gasteiger charge is 2.18. The first-order valence-corrected chi connectivity index (χ1v) is 9.91. The van der Waals surface area contributed by atoms with Gasteiger partial charge in [0.2, 0.25) is 6.79 Å². The molecule has 0 bridgehead atoms. The van der Waals surface area contributed by atoms with Gasteiger partial charge in [-0.05, 0) is 49.1 Å². The van der Waals surface area contributed by atoms with Crippen molar-refractivity contribution < 1.29 is 14.3 Å². The number of benzene rings is 1. The quantitative estimate of drug-likeness (QED) is 0.684. The van der Waals surface area contributed by atoms with Crippen molar-refractivity contribution >= 4 is 5.91 Å². The minimum absolute atomic E-state index is 0.129. The molecule has 0 radical (unpaired) electrons. The Morgan fingerprint density at radius 2 is 2.00 bits per heavy atom. The molecule has 0 atom stereocenters. The number of ether oxygens (including phenoxy) is 2. The lowest BCUT2D eigenvalue weighted by molar-refractivity contribution is 0.0942. The zero-order valence-corrected chi connectivity index (χ0v) is 16.6. The molecule has 30 heavy (non-hydrogen) atoms. The summed E-state index contributed by atoms with van der Waals surface area (Å²) in [4.78, 5) is 24.8.